The molecule has 29 heavy (non-hydrogen) atoms. The number of sulfonamides is 1. The normalized spacial score (nSPS) is 12.8. The Morgan fingerprint density at radius 3 is 2.17 bits per heavy atom. The summed E-state index contributed by atoms with van der Waals surface area (Å²) >= 11 is -2.61. The smallest absolute Gasteiger partial charge is 0.266 e. The van der Waals surface area contributed by atoms with Crippen LogP contribution in [0.5, 0.6) is 0 Å². The van der Waals surface area contributed by atoms with Crippen LogP contribution in [-0.2, 0) is 21.3 Å². The minimum atomic E-state index is -4.31. The Hall–Kier alpha value is -2.85. The van der Waals surface area contributed by atoms with Gasteiger partial charge in [-0.2, -0.15) is 0 Å². The zero-order valence-electron chi connectivity index (χ0n) is 15.0. The molecule has 0 radical (unpaired) electrons. The first-order valence-electron chi connectivity index (χ1n) is 8.32. The monoisotopic (exact) mass is 432 g/mol. The number of hydrogen-bond acceptors (Lipinski definition) is 3. The molecule has 0 aliphatic carbocycles. The highest BCUT2D eigenvalue weighted by molar-refractivity contribution is 7.89. The quantitative estimate of drug-likeness (QED) is 0.579. The summed E-state index contributed by atoms with van der Waals surface area (Å²) in [5, 5.41) is 5.12. The van der Waals surface area contributed by atoms with Crippen LogP contribution in [0.3, 0.4) is 0 Å². The Kier molecular flexibility index (Phi) is 6.23. The van der Waals surface area contributed by atoms with E-state index in [-0.39, 0.29) is 5.69 Å². The van der Waals surface area contributed by atoms with E-state index in [2.05, 4.69) is 0 Å². The average Bonchev–Trinajstić information content (AvgIpc) is 2.69. The van der Waals surface area contributed by atoms with E-state index in [4.69, 9.17) is 5.14 Å². The molecule has 0 spiro atoms. The number of halogens is 1. The SMILES string of the molecule is NS(=O)(=O)c1cc(F)ccc1N(C=Cc1ccc(-c2ccccc2)cc1)S(=O)O. The summed E-state index contributed by atoms with van der Waals surface area (Å²) < 4.78 is 59.2. The first-order chi connectivity index (χ1) is 13.8. The zero-order chi connectivity index (χ0) is 21.0. The van der Waals surface area contributed by atoms with Crippen LogP contribution in [0.2, 0.25) is 0 Å². The van der Waals surface area contributed by atoms with E-state index in [1.165, 1.54) is 12.3 Å². The summed E-state index contributed by atoms with van der Waals surface area (Å²) in [5.41, 5.74) is 2.54. The fraction of sp³-hybridized carbons (Fsp3) is 0. The van der Waals surface area contributed by atoms with E-state index in [1.54, 1.807) is 0 Å². The molecule has 0 heterocycles. The van der Waals surface area contributed by atoms with E-state index < -0.39 is 32.0 Å². The third-order valence-corrected chi connectivity index (χ3v) is 5.65. The largest absolute Gasteiger partial charge is 0.289 e. The molecule has 3 aromatic carbocycles. The van der Waals surface area contributed by atoms with Gasteiger partial charge in [0.05, 0.1) is 5.69 Å². The molecule has 9 heteroatoms. The van der Waals surface area contributed by atoms with Crippen molar-refractivity contribution in [1.82, 2.24) is 0 Å². The zero-order valence-corrected chi connectivity index (χ0v) is 16.6. The van der Waals surface area contributed by atoms with Crippen molar-refractivity contribution in [1.29, 1.82) is 0 Å². The van der Waals surface area contributed by atoms with Gasteiger partial charge < -0.3 is 0 Å². The van der Waals surface area contributed by atoms with Gasteiger partial charge in [0.2, 0.25) is 10.0 Å². The molecular formula is C20H17FN2O4S2. The average molecular weight is 432 g/mol. The van der Waals surface area contributed by atoms with Crippen molar-refractivity contribution in [3.05, 3.63) is 90.4 Å². The maximum atomic E-state index is 13.5. The van der Waals surface area contributed by atoms with E-state index in [1.807, 2.05) is 54.6 Å². The number of anilines is 1. The molecule has 0 saturated carbocycles. The molecule has 1 atom stereocenters. The molecule has 3 rings (SSSR count). The number of benzene rings is 3. The number of primary sulfonamides is 1. The van der Waals surface area contributed by atoms with Crippen LogP contribution >= 0.6 is 0 Å². The Morgan fingerprint density at radius 2 is 1.59 bits per heavy atom. The maximum absolute atomic E-state index is 13.5. The molecule has 0 bridgehead atoms. The van der Waals surface area contributed by atoms with E-state index in [9.17, 15) is 21.6 Å². The summed E-state index contributed by atoms with van der Waals surface area (Å²) in [6.07, 6.45) is 2.76. The molecule has 3 aromatic rings. The molecule has 150 valence electrons. The number of rotatable bonds is 6. The number of hydrogen-bond donors (Lipinski definition) is 2. The first kappa shape index (κ1) is 20.9. The highest BCUT2D eigenvalue weighted by Gasteiger charge is 2.21. The number of nitrogens with two attached hydrogens (primary N) is 1. The molecule has 1 unspecified atom stereocenters. The lowest BCUT2D eigenvalue weighted by Crippen LogP contribution is -2.23. The minimum absolute atomic E-state index is 0.216. The van der Waals surface area contributed by atoms with E-state index >= 15 is 0 Å². The second-order valence-electron chi connectivity index (χ2n) is 6.02. The number of nitrogens with zero attached hydrogens (tertiary/aromatic N) is 1. The van der Waals surface area contributed by atoms with Crippen LogP contribution < -0.4 is 9.44 Å². The Balaban J connectivity index is 1.93. The molecule has 0 fully saturated rings. The highest BCUT2D eigenvalue weighted by atomic mass is 32.2. The van der Waals surface area contributed by atoms with Crippen LogP contribution in [0.4, 0.5) is 10.1 Å². The van der Waals surface area contributed by atoms with Crippen molar-refractivity contribution < 1.29 is 21.6 Å². The lowest BCUT2D eigenvalue weighted by Gasteiger charge is -2.18. The molecule has 0 amide bonds. The van der Waals surface area contributed by atoms with Gasteiger partial charge in [-0.25, -0.2) is 26.5 Å². The van der Waals surface area contributed by atoms with Crippen LogP contribution in [-0.4, -0.2) is 17.2 Å². The van der Waals surface area contributed by atoms with Gasteiger partial charge in [-0.1, -0.05) is 54.6 Å². The van der Waals surface area contributed by atoms with Crippen LogP contribution in [0.15, 0.2) is 83.9 Å². The van der Waals surface area contributed by atoms with Gasteiger partial charge >= 0.3 is 0 Å². The van der Waals surface area contributed by atoms with Gasteiger partial charge in [0.15, 0.2) is 0 Å². The van der Waals surface area contributed by atoms with Crippen molar-refractivity contribution in [2.75, 3.05) is 4.31 Å². The van der Waals surface area contributed by atoms with Gasteiger partial charge in [0.25, 0.3) is 11.3 Å². The second kappa shape index (κ2) is 8.66. The summed E-state index contributed by atoms with van der Waals surface area (Å²) in [7, 11) is -4.31. The van der Waals surface area contributed by atoms with Crippen molar-refractivity contribution >= 4 is 33.1 Å². The highest BCUT2D eigenvalue weighted by Crippen LogP contribution is 2.27. The fourth-order valence-corrected chi connectivity index (χ4v) is 3.97. The first-order valence-corrected chi connectivity index (χ1v) is 10.9. The lowest BCUT2D eigenvalue weighted by atomic mass is 10.0. The topological polar surface area (TPSA) is 101 Å². The van der Waals surface area contributed by atoms with Gasteiger partial charge in [-0.15, -0.1) is 0 Å². The predicted molar refractivity (Wildman–Crippen MR) is 112 cm³/mol. The minimum Gasteiger partial charge on any atom is -0.289 e. The lowest BCUT2D eigenvalue weighted by molar-refractivity contribution is 0.563. The summed E-state index contributed by atoms with van der Waals surface area (Å²) in [5.74, 6) is -0.832. The van der Waals surface area contributed by atoms with Gasteiger partial charge in [-0.05, 0) is 41.0 Å². The van der Waals surface area contributed by atoms with Crippen LogP contribution in [0.1, 0.15) is 5.56 Å². The Bertz CT molecular complexity index is 1160. The van der Waals surface area contributed by atoms with Crippen molar-refractivity contribution in [3.8, 4) is 11.1 Å². The van der Waals surface area contributed by atoms with Gasteiger partial charge in [-0.3, -0.25) is 4.55 Å². The summed E-state index contributed by atoms with van der Waals surface area (Å²) in [4.78, 5) is -0.594. The van der Waals surface area contributed by atoms with Crippen LogP contribution in [0, 0.1) is 5.82 Å². The van der Waals surface area contributed by atoms with E-state index in [0.717, 1.165) is 27.6 Å². The van der Waals surface area contributed by atoms with Crippen molar-refractivity contribution in [2.45, 2.75) is 4.90 Å². The molecule has 0 aromatic heterocycles. The fourth-order valence-electron chi connectivity index (χ4n) is 2.69. The molecule has 0 aliphatic heterocycles. The standard InChI is InChI=1S/C20H17FN2O4S2/c21-18-10-11-19(20(14-18)29(22,26)27)23(28(24)25)13-12-15-6-8-17(9-7-15)16-4-2-1-3-5-16/h1-14H,(H,24,25)(H2,22,26,27). The predicted octanol–water partition coefficient (Wildman–Crippen LogP) is 3.75. The third-order valence-electron chi connectivity index (χ3n) is 4.05. The van der Waals surface area contributed by atoms with Crippen molar-refractivity contribution in [2.24, 2.45) is 5.14 Å². The van der Waals surface area contributed by atoms with Crippen LogP contribution in [0.25, 0.3) is 17.2 Å². The third kappa shape index (κ3) is 5.15. The Morgan fingerprint density at radius 1 is 0.966 bits per heavy atom. The Labute approximate surface area is 170 Å². The van der Waals surface area contributed by atoms with Gasteiger partial charge in [0.1, 0.15) is 10.7 Å². The van der Waals surface area contributed by atoms with Gasteiger partial charge in [0, 0.05) is 6.20 Å². The van der Waals surface area contributed by atoms with Crippen molar-refractivity contribution in [3.63, 3.8) is 0 Å². The summed E-state index contributed by atoms with van der Waals surface area (Å²) in [6, 6.07) is 19.9. The molecule has 0 saturated heterocycles. The molecular weight excluding hydrogens is 415 g/mol. The summed E-state index contributed by atoms with van der Waals surface area (Å²) in [6.45, 7) is 0. The maximum Gasteiger partial charge on any atom is 0.266 e. The molecule has 6 nitrogen and oxygen atoms in total. The molecule has 0 aliphatic rings. The molecule has 3 N–H and O–H groups in total. The van der Waals surface area contributed by atoms with E-state index in [0.29, 0.717) is 11.6 Å². The second-order valence-corrected chi connectivity index (χ2v) is 8.40.